The molecule has 0 atom stereocenters. The van der Waals surface area contributed by atoms with Crippen molar-refractivity contribution in [1.29, 1.82) is 0 Å². The third-order valence-corrected chi connectivity index (χ3v) is 5.03. The van der Waals surface area contributed by atoms with Crippen molar-refractivity contribution in [2.24, 2.45) is 0 Å². The molecule has 0 bridgehead atoms. The van der Waals surface area contributed by atoms with Gasteiger partial charge in [0.2, 0.25) is 0 Å². The van der Waals surface area contributed by atoms with Crippen LogP contribution >= 0.6 is 11.3 Å². The van der Waals surface area contributed by atoms with Crippen molar-refractivity contribution in [3.05, 3.63) is 34.8 Å². The molecule has 1 aromatic heterocycles. The van der Waals surface area contributed by atoms with Gasteiger partial charge in [0.1, 0.15) is 0 Å². The summed E-state index contributed by atoms with van der Waals surface area (Å²) in [5, 5.41) is 4.37. The van der Waals surface area contributed by atoms with Crippen LogP contribution in [-0.2, 0) is 13.0 Å². The summed E-state index contributed by atoms with van der Waals surface area (Å²) in [4.78, 5) is 10.9. The van der Waals surface area contributed by atoms with E-state index < -0.39 is 0 Å². The van der Waals surface area contributed by atoms with E-state index in [2.05, 4.69) is 53.4 Å². The van der Waals surface area contributed by atoms with Crippen molar-refractivity contribution in [3.63, 3.8) is 0 Å². The molecule has 0 saturated carbocycles. The smallest absolute Gasteiger partial charge is 0.190 e. The van der Waals surface area contributed by atoms with Crippen LogP contribution in [0.5, 0.6) is 0 Å². The molecule has 21 heavy (non-hydrogen) atoms. The summed E-state index contributed by atoms with van der Waals surface area (Å²) in [7, 11) is 4.14. The number of aryl methyl sites for hydroxylation is 1. The lowest BCUT2D eigenvalue weighted by Gasteiger charge is -2.35. The van der Waals surface area contributed by atoms with Gasteiger partial charge in [0.25, 0.3) is 0 Å². The molecule has 1 N–H and O–H groups in total. The molecule has 0 unspecified atom stereocenters. The number of likely N-dealkylation sites (N-methyl/N-ethyl adjacent to an activating group) is 1. The van der Waals surface area contributed by atoms with Gasteiger partial charge >= 0.3 is 0 Å². The van der Waals surface area contributed by atoms with Crippen LogP contribution in [0, 0.1) is 0 Å². The molecule has 1 aliphatic rings. The van der Waals surface area contributed by atoms with Gasteiger partial charge in [-0.15, -0.1) is 0 Å². The number of nitrogens with one attached hydrogen (secondary N) is 1. The Labute approximate surface area is 130 Å². The van der Waals surface area contributed by atoms with E-state index in [0.717, 1.165) is 31.2 Å². The second-order valence-electron chi connectivity index (χ2n) is 5.31. The third-order valence-electron chi connectivity index (χ3n) is 3.91. The topological polar surface area (TPSA) is 31.4 Å². The second kappa shape index (κ2) is 6.03. The lowest BCUT2D eigenvalue weighted by Crippen LogP contribution is -2.36. The van der Waals surface area contributed by atoms with Gasteiger partial charge in [-0.3, -0.25) is 0 Å². The van der Waals surface area contributed by atoms with Crippen LogP contribution < -0.4 is 15.1 Å². The molecule has 5 heteroatoms. The van der Waals surface area contributed by atoms with E-state index in [1.165, 1.54) is 21.9 Å². The van der Waals surface area contributed by atoms with Gasteiger partial charge in [-0.1, -0.05) is 30.4 Å². The number of hydrogen-bond acceptors (Lipinski definition) is 5. The fourth-order valence-electron chi connectivity index (χ4n) is 2.76. The van der Waals surface area contributed by atoms with Gasteiger partial charge in [0.05, 0.1) is 17.1 Å². The Morgan fingerprint density at radius 1 is 1.24 bits per heavy atom. The first-order chi connectivity index (χ1) is 10.2. The molecule has 0 saturated heterocycles. The predicted octanol–water partition coefficient (Wildman–Crippen LogP) is 3.01. The highest BCUT2D eigenvalue weighted by Gasteiger charge is 2.24. The first kappa shape index (κ1) is 14.4. The molecule has 4 nitrogen and oxygen atoms in total. The summed E-state index contributed by atoms with van der Waals surface area (Å²) in [5.74, 6) is 0. The number of aromatic nitrogens is 1. The van der Waals surface area contributed by atoms with E-state index in [1.807, 2.05) is 18.4 Å². The number of fused-ring (bicyclic) bond motifs is 1. The molecule has 0 aliphatic carbocycles. The first-order valence-corrected chi connectivity index (χ1v) is 8.27. The van der Waals surface area contributed by atoms with Crippen LogP contribution in [0.15, 0.2) is 24.3 Å². The number of thiazole rings is 1. The number of nitrogens with zero attached hydrogens (tertiary/aromatic N) is 3. The van der Waals surface area contributed by atoms with Crippen LogP contribution in [0.2, 0.25) is 0 Å². The van der Waals surface area contributed by atoms with Crippen LogP contribution in [0.3, 0.4) is 0 Å². The number of para-hydroxylation sites is 2. The lowest BCUT2D eigenvalue weighted by molar-refractivity contribution is 0.808. The summed E-state index contributed by atoms with van der Waals surface area (Å²) < 4.78 is 0. The Balaban J connectivity index is 1.99. The zero-order valence-electron chi connectivity index (χ0n) is 12.9. The molecule has 1 aliphatic heterocycles. The Bertz CT molecular complexity index is 622. The fourth-order valence-corrected chi connectivity index (χ4v) is 3.97. The molecule has 0 fully saturated rings. The van der Waals surface area contributed by atoms with E-state index in [9.17, 15) is 0 Å². The van der Waals surface area contributed by atoms with Gasteiger partial charge in [-0.25, -0.2) is 4.98 Å². The Morgan fingerprint density at radius 3 is 2.71 bits per heavy atom. The third kappa shape index (κ3) is 2.63. The van der Waals surface area contributed by atoms with E-state index in [0.29, 0.717) is 0 Å². The van der Waals surface area contributed by atoms with Crippen LogP contribution in [0.4, 0.5) is 16.5 Å². The molecular weight excluding hydrogens is 280 g/mol. The minimum Gasteiger partial charge on any atom is -0.371 e. The average molecular weight is 302 g/mol. The molecule has 3 rings (SSSR count). The van der Waals surface area contributed by atoms with Crippen molar-refractivity contribution >= 4 is 27.8 Å². The van der Waals surface area contributed by atoms with Gasteiger partial charge in [-0.2, -0.15) is 0 Å². The molecule has 2 heterocycles. The van der Waals surface area contributed by atoms with E-state index in [4.69, 9.17) is 4.98 Å². The van der Waals surface area contributed by atoms with Gasteiger partial charge in [0.15, 0.2) is 5.13 Å². The zero-order chi connectivity index (χ0) is 14.8. The van der Waals surface area contributed by atoms with E-state index in [-0.39, 0.29) is 0 Å². The Morgan fingerprint density at radius 2 is 2.00 bits per heavy atom. The molecule has 0 radical (unpaired) electrons. The maximum Gasteiger partial charge on any atom is 0.190 e. The van der Waals surface area contributed by atoms with Crippen molar-refractivity contribution in [3.8, 4) is 0 Å². The summed E-state index contributed by atoms with van der Waals surface area (Å²) in [5.41, 5.74) is 3.77. The quantitative estimate of drug-likeness (QED) is 0.941. The zero-order valence-corrected chi connectivity index (χ0v) is 13.7. The van der Waals surface area contributed by atoms with Crippen LogP contribution in [0.1, 0.15) is 17.5 Å². The van der Waals surface area contributed by atoms with Crippen molar-refractivity contribution in [2.45, 2.75) is 19.9 Å². The molecule has 112 valence electrons. The van der Waals surface area contributed by atoms with Gasteiger partial charge < -0.3 is 15.1 Å². The van der Waals surface area contributed by atoms with Crippen molar-refractivity contribution in [2.75, 3.05) is 37.0 Å². The fraction of sp³-hybridized carbons (Fsp3) is 0.438. The molecule has 2 aromatic rings. The van der Waals surface area contributed by atoms with Crippen LogP contribution in [-0.4, -0.2) is 32.2 Å². The normalized spacial score (nSPS) is 14.4. The monoisotopic (exact) mass is 302 g/mol. The molecule has 0 spiro atoms. The number of hydrogen-bond donors (Lipinski definition) is 1. The Hall–Kier alpha value is -1.59. The summed E-state index contributed by atoms with van der Waals surface area (Å²) in [6.45, 7) is 5.09. The molecule has 1 aromatic carbocycles. The summed E-state index contributed by atoms with van der Waals surface area (Å²) in [6.07, 6.45) is 0.989. The van der Waals surface area contributed by atoms with E-state index >= 15 is 0 Å². The second-order valence-corrected chi connectivity index (χ2v) is 6.37. The highest BCUT2D eigenvalue weighted by molar-refractivity contribution is 7.15. The first-order valence-electron chi connectivity index (χ1n) is 7.45. The largest absolute Gasteiger partial charge is 0.371 e. The summed E-state index contributed by atoms with van der Waals surface area (Å²) >= 11 is 1.81. The number of rotatable bonds is 4. The molecule has 0 amide bonds. The standard InChI is InChI=1S/C16H22N4S/c1-4-12-15(11-17-2)21-16(18-12)20-10-9-19(3)13-7-5-6-8-14(13)20/h5-8,17H,4,9-11H2,1-3H3. The van der Waals surface area contributed by atoms with Crippen molar-refractivity contribution < 1.29 is 0 Å². The van der Waals surface area contributed by atoms with Crippen molar-refractivity contribution in [1.82, 2.24) is 10.3 Å². The summed E-state index contributed by atoms with van der Waals surface area (Å²) in [6, 6.07) is 8.58. The SMILES string of the molecule is CCc1nc(N2CCN(C)c3ccccc32)sc1CNC. The number of benzene rings is 1. The maximum absolute atomic E-state index is 4.88. The van der Waals surface area contributed by atoms with Crippen LogP contribution in [0.25, 0.3) is 0 Å². The van der Waals surface area contributed by atoms with Gasteiger partial charge in [-0.05, 0) is 25.6 Å². The highest BCUT2D eigenvalue weighted by Crippen LogP contribution is 2.39. The minimum absolute atomic E-state index is 0.899. The average Bonchev–Trinajstić information content (AvgIpc) is 2.91. The predicted molar refractivity (Wildman–Crippen MR) is 91.0 cm³/mol. The number of anilines is 3. The van der Waals surface area contributed by atoms with Gasteiger partial charge in [0, 0.05) is 31.6 Å². The highest BCUT2D eigenvalue weighted by atomic mass is 32.1. The Kier molecular flexibility index (Phi) is 4.12. The minimum atomic E-state index is 0.899. The lowest BCUT2D eigenvalue weighted by atomic mass is 10.2. The van der Waals surface area contributed by atoms with E-state index in [1.54, 1.807) is 0 Å². The molecular formula is C16H22N4S. The maximum atomic E-state index is 4.88.